The van der Waals surface area contributed by atoms with Crippen LogP contribution < -0.4 is 5.32 Å². The van der Waals surface area contributed by atoms with E-state index in [1.807, 2.05) is 12.1 Å². The first-order chi connectivity index (χ1) is 14.4. The third-order valence-electron chi connectivity index (χ3n) is 4.16. The van der Waals surface area contributed by atoms with Crippen LogP contribution in [-0.2, 0) is 32.2 Å². The topological polar surface area (TPSA) is 72.5 Å². The molecule has 0 spiro atoms. The molecular weight excluding hydrogens is 392 g/mol. The van der Waals surface area contributed by atoms with Crippen molar-refractivity contribution in [3.05, 3.63) is 71.8 Å². The molecule has 1 N–H and O–H groups in total. The summed E-state index contributed by atoms with van der Waals surface area (Å²) in [4.78, 5) is 27.2. The van der Waals surface area contributed by atoms with Crippen LogP contribution in [0.3, 0.4) is 0 Å². The largest absolute Gasteiger partial charge is 0.463 e. The van der Waals surface area contributed by atoms with E-state index in [2.05, 4.69) is 53.8 Å². The summed E-state index contributed by atoms with van der Waals surface area (Å²) in [5.74, 6) is -1.78. The van der Waals surface area contributed by atoms with Crippen LogP contribution in [0.15, 0.2) is 60.7 Å². The quantitative estimate of drug-likeness (QED) is 0.680. The van der Waals surface area contributed by atoms with Crippen molar-refractivity contribution in [2.24, 2.45) is 11.8 Å². The molecule has 3 rings (SSSR count). The van der Waals surface area contributed by atoms with Gasteiger partial charge < -0.3 is 10.1 Å². The molecule has 162 valence electrons. The summed E-state index contributed by atoms with van der Waals surface area (Å²) in [5, 5.41) is 3.42. The Bertz CT molecular complexity index is 724. The lowest BCUT2D eigenvalue weighted by molar-refractivity contribution is -0.191. The highest BCUT2D eigenvalue weighted by Gasteiger charge is 2.50. The minimum Gasteiger partial charge on any atom is -0.463 e. The number of esters is 1. The van der Waals surface area contributed by atoms with Crippen LogP contribution in [0.1, 0.15) is 31.4 Å². The molecule has 5 nitrogen and oxygen atoms in total. The molecule has 2 atom stereocenters. The van der Waals surface area contributed by atoms with Gasteiger partial charge in [0.25, 0.3) is 0 Å². The van der Waals surface area contributed by atoms with Crippen LogP contribution in [0.25, 0.3) is 0 Å². The number of nitrogens with one attached hydrogen (secondary N) is 1. The monoisotopic (exact) mass is 419 g/mol. The van der Waals surface area contributed by atoms with Gasteiger partial charge in [0.05, 0.1) is 12.0 Å². The summed E-state index contributed by atoms with van der Waals surface area (Å²) in [7, 11) is 0. The fourth-order valence-corrected chi connectivity index (χ4v) is 2.63. The molecule has 0 heterocycles. The Hall–Kier alpha value is -2.89. The van der Waals surface area contributed by atoms with Gasteiger partial charge >= 0.3 is 12.1 Å². The van der Waals surface area contributed by atoms with Crippen molar-refractivity contribution >= 4 is 12.1 Å². The predicted octanol–water partition coefficient (Wildman–Crippen LogP) is 4.23. The van der Waals surface area contributed by atoms with Gasteiger partial charge in [0, 0.05) is 19.0 Å². The Morgan fingerprint density at radius 2 is 1.43 bits per heavy atom. The van der Waals surface area contributed by atoms with Crippen molar-refractivity contribution in [1.29, 1.82) is 0 Å². The molecule has 1 aliphatic rings. The number of rotatable bonds is 7. The van der Waals surface area contributed by atoms with Crippen molar-refractivity contribution < 1.29 is 27.9 Å². The number of carbonyl (C=O) groups excluding carboxylic acids is 3. The highest BCUT2D eigenvalue weighted by Crippen LogP contribution is 2.44. The van der Waals surface area contributed by atoms with Crippen LogP contribution in [0.2, 0.25) is 0 Å². The van der Waals surface area contributed by atoms with E-state index in [0.717, 1.165) is 13.1 Å². The number of halogens is 2. The molecule has 0 aromatic heterocycles. The van der Waals surface area contributed by atoms with Gasteiger partial charge in [-0.05, 0) is 31.4 Å². The Labute approximate surface area is 175 Å². The average Bonchev–Trinajstić information content (AvgIpc) is 3.52. The van der Waals surface area contributed by atoms with Crippen LogP contribution in [0, 0.1) is 11.8 Å². The zero-order valence-corrected chi connectivity index (χ0v) is 17.1. The SMILES string of the molecule is CC(C)OC(=O)C1CC1C(F)F.O=C=O.c1ccc(CNCc2ccccc2)cc1. The smallest absolute Gasteiger partial charge is 0.373 e. The van der Waals surface area contributed by atoms with Crippen molar-refractivity contribution in [2.75, 3.05) is 0 Å². The molecule has 0 bridgehead atoms. The zero-order valence-electron chi connectivity index (χ0n) is 17.1. The fourth-order valence-electron chi connectivity index (χ4n) is 2.63. The average molecular weight is 419 g/mol. The fraction of sp³-hybridized carbons (Fsp3) is 0.391. The first-order valence-corrected chi connectivity index (χ1v) is 9.65. The minimum absolute atomic E-state index is 0.212. The Morgan fingerprint density at radius 3 is 1.77 bits per heavy atom. The standard InChI is InChI=1S/C14H15N.C8H12F2O2.CO2/c1-3-7-13(8-4-1)11-15-12-14-9-5-2-6-10-14;1-4(2)12-8(11)6-3-5(6)7(9)10;2-1-3/h1-10,15H,11-12H2;4-7H,3H2,1-2H3;. The van der Waals surface area contributed by atoms with Crippen molar-refractivity contribution in [3.8, 4) is 0 Å². The van der Waals surface area contributed by atoms with E-state index >= 15 is 0 Å². The summed E-state index contributed by atoms with van der Waals surface area (Å²) < 4.78 is 28.7. The van der Waals surface area contributed by atoms with Gasteiger partial charge in [-0.2, -0.15) is 9.59 Å². The second-order valence-corrected chi connectivity index (χ2v) is 6.98. The van der Waals surface area contributed by atoms with E-state index in [9.17, 15) is 13.6 Å². The normalized spacial score (nSPS) is 16.5. The van der Waals surface area contributed by atoms with Gasteiger partial charge in [0.2, 0.25) is 6.43 Å². The second kappa shape index (κ2) is 14.1. The third-order valence-corrected chi connectivity index (χ3v) is 4.16. The molecule has 30 heavy (non-hydrogen) atoms. The molecule has 0 saturated heterocycles. The number of hydrogen-bond donors (Lipinski definition) is 1. The molecule has 1 fully saturated rings. The predicted molar refractivity (Wildman–Crippen MR) is 107 cm³/mol. The number of benzene rings is 2. The van der Waals surface area contributed by atoms with Gasteiger partial charge in [0.1, 0.15) is 0 Å². The molecule has 2 aromatic rings. The summed E-state index contributed by atoms with van der Waals surface area (Å²) in [5.41, 5.74) is 2.65. The van der Waals surface area contributed by atoms with Gasteiger partial charge in [0.15, 0.2) is 0 Å². The Kier molecular flexibility index (Phi) is 11.9. The van der Waals surface area contributed by atoms with Crippen molar-refractivity contribution in [1.82, 2.24) is 5.32 Å². The molecule has 0 amide bonds. The number of alkyl halides is 2. The van der Waals surface area contributed by atoms with E-state index < -0.39 is 24.2 Å². The van der Waals surface area contributed by atoms with Gasteiger partial charge in [-0.15, -0.1) is 0 Å². The second-order valence-electron chi connectivity index (χ2n) is 6.98. The highest BCUT2D eigenvalue weighted by atomic mass is 19.3. The zero-order chi connectivity index (χ0) is 22.4. The van der Waals surface area contributed by atoms with E-state index in [1.165, 1.54) is 11.1 Å². The first kappa shape index (κ1) is 25.1. The van der Waals surface area contributed by atoms with Gasteiger partial charge in [-0.3, -0.25) is 4.79 Å². The molecule has 2 unspecified atom stereocenters. The number of carbonyl (C=O) groups is 1. The molecule has 7 heteroatoms. The summed E-state index contributed by atoms with van der Waals surface area (Å²) in [6, 6.07) is 20.9. The maximum Gasteiger partial charge on any atom is 0.373 e. The van der Waals surface area contributed by atoms with E-state index in [-0.39, 0.29) is 18.7 Å². The summed E-state index contributed by atoms with van der Waals surface area (Å²) in [6.07, 6.45) is -2.06. The lowest BCUT2D eigenvalue weighted by atomic mass is 10.2. The molecule has 0 radical (unpaired) electrons. The highest BCUT2D eigenvalue weighted by molar-refractivity contribution is 5.75. The van der Waals surface area contributed by atoms with Crippen molar-refractivity contribution in [3.63, 3.8) is 0 Å². The van der Waals surface area contributed by atoms with Gasteiger partial charge in [-0.25, -0.2) is 8.78 Å². The number of ether oxygens (including phenoxy) is 1. The third kappa shape index (κ3) is 10.6. The molecule has 2 aromatic carbocycles. The van der Waals surface area contributed by atoms with Crippen LogP contribution in [-0.4, -0.2) is 24.7 Å². The Balaban J connectivity index is 0.000000271. The summed E-state index contributed by atoms with van der Waals surface area (Å²) >= 11 is 0. The minimum atomic E-state index is -2.38. The maximum atomic E-state index is 12.0. The number of hydrogen-bond acceptors (Lipinski definition) is 5. The molecule has 0 aliphatic heterocycles. The van der Waals surface area contributed by atoms with Crippen LogP contribution in [0.5, 0.6) is 0 Å². The molecule has 1 aliphatic carbocycles. The maximum absolute atomic E-state index is 12.0. The molecule has 1 saturated carbocycles. The first-order valence-electron chi connectivity index (χ1n) is 9.65. The molecular formula is C23H27F2NO4. The lowest BCUT2D eigenvalue weighted by Gasteiger charge is -2.06. The van der Waals surface area contributed by atoms with Crippen LogP contribution in [0.4, 0.5) is 8.78 Å². The van der Waals surface area contributed by atoms with Crippen LogP contribution >= 0.6 is 0 Å². The summed E-state index contributed by atoms with van der Waals surface area (Å²) in [6.45, 7) is 5.26. The Morgan fingerprint density at radius 1 is 1.00 bits per heavy atom. The van der Waals surface area contributed by atoms with Gasteiger partial charge in [-0.1, -0.05) is 60.7 Å². The van der Waals surface area contributed by atoms with Crippen molar-refractivity contribution in [2.45, 2.75) is 45.9 Å². The van der Waals surface area contributed by atoms with E-state index in [1.54, 1.807) is 13.8 Å². The van der Waals surface area contributed by atoms with E-state index in [4.69, 9.17) is 14.3 Å². The van der Waals surface area contributed by atoms with E-state index in [0.29, 0.717) is 0 Å². The lowest BCUT2D eigenvalue weighted by Crippen LogP contribution is -2.15.